The maximum absolute atomic E-state index is 12.9. The molecule has 1 aliphatic heterocycles. The van der Waals surface area contributed by atoms with E-state index in [-0.39, 0.29) is 5.91 Å². The molecule has 7 heteroatoms. The summed E-state index contributed by atoms with van der Waals surface area (Å²) in [4.78, 5) is 16.5. The van der Waals surface area contributed by atoms with Crippen LogP contribution in [0.15, 0.2) is 41.1 Å². The van der Waals surface area contributed by atoms with Crippen molar-refractivity contribution in [1.29, 1.82) is 0 Å². The number of nitrogens with zero attached hydrogens (tertiary/aromatic N) is 2. The van der Waals surface area contributed by atoms with E-state index in [9.17, 15) is 18.0 Å². The summed E-state index contributed by atoms with van der Waals surface area (Å²) in [5.41, 5.74) is 0.849. The van der Waals surface area contributed by atoms with Gasteiger partial charge in [0.05, 0.1) is 11.1 Å². The molecule has 2 aromatic rings. The zero-order valence-corrected chi connectivity index (χ0v) is 16.7. The monoisotopic (exact) mass is 410 g/mol. The molecule has 0 spiro atoms. The Morgan fingerprint density at radius 1 is 1.32 bits per heavy atom. The highest BCUT2D eigenvalue weighted by molar-refractivity contribution is 7.08. The lowest BCUT2D eigenvalue weighted by Crippen LogP contribution is -2.42. The fourth-order valence-corrected chi connectivity index (χ4v) is 4.40. The number of hydrogen-bond acceptors (Lipinski definition) is 3. The van der Waals surface area contributed by atoms with Gasteiger partial charge in [-0.15, -0.1) is 0 Å². The predicted molar refractivity (Wildman–Crippen MR) is 106 cm³/mol. The van der Waals surface area contributed by atoms with Crippen molar-refractivity contribution in [3.05, 3.63) is 57.8 Å². The van der Waals surface area contributed by atoms with Gasteiger partial charge in [0.15, 0.2) is 0 Å². The Balaban J connectivity index is 1.50. The van der Waals surface area contributed by atoms with Crippen LogP contribution in [-0.2, 0) is 12.6 Å². The molecule has 1 aromatic heterocycles. The molecule has 1 aliphatic rings. The molecule has 0 bridgehead atoms. The number of carbonyl (C=O) groups is 1. The molecule has 0 N–H and O–H groups in total. The van der Waals surface area contributed by atoms with Gasteiger partial charge < -0.3 is 9.80 Å². The molecular weight excluding hydrogens is 385 g/mol. The van der Waals surface area contributed by atoms with Crippen molar-refractivity contribution < 1.29 is 18.0 Å². The topological polar surface area (TPSA) is 23.6 Å². The van der Waals surface area contributed by atoms with Crippen molar-refractivity contribution in [3.63, 3.8) is 0 Å². The summed E-state index contributed by atoms with van der Waals surface area (Å²) in [5, 5.41) is 3.76. The first kappa shape index (κ1) is 20.9. The van der Waals surface area contributed by atoms with Crippen LogP contribution in [0, 0.1) is 5.92 Å². The second-order valence-electron chi connectivity index (χ2n) is 7.45. The highest BCUT2D eigenvalue weighted by atomic mass is 32.1. The molecular formula is C21H25F3N2OS. The lowest BCUT2D eigenvalue weighted by atomic mass is 9.96. The smallest absolute Gasteiger partial charge is 0.341 e. The van der Waals surface area contributed by atoms with E-state index in [0.717, 1.165) is 44.1 Å². The molecule has 28 heavy (non-hydrogen) atoms. The first-order chi connectivity index (χ1) is 13.3. The maximum Gasteiger partial charge on any atom is 0.416 e. The highest BCUT2D eigenvalue weighted by Crippen LogP contribution is 2.29. The Kier molecular flexibility index (Phi) is 6.78. The molecule has 1 amide bonds. The van der Waals surface area contributed by atoms with Crippen LogP contribution in [0.4, 0.5) is 13.2 Å². The number of likely N-dealkylation sites (tertiary alicyclic amines) is 1. The van der Waals surface area contributed by atoms with Crippen molar-refractivity contribution in [2.75, 3.05) is 33.2 Å². The summed E-state index contributed by atoms with van der Waals surface area (Å²) >= 11 is 1.51. The highest BCUT2D eigenvalue weighted by Gasteiger charge is 2.30. The zero-order valence-electron chi connectivity index (χ0n) is 15.9. The van der Waals surface area contributed by atoms with Gasteiger partial charge in [-0.25, -0.2) is 0 Å². The molecule has 0 saturated carbocycles. The molecule has 3 nitrogen and oxygen atoms in total. The number of halogens is 3. The fourth-order valence-electron chi connectivity index (χ4n) is 3.77. The average Bonchev–Trinajstić information content (AvgIpc) is 3.20. The minimum atomic E-state index is -4.30. The molecule has 2 heterocycles. The van der Waals surface area contributed by atoms with Crippen LogP contribution in [0.5, 0.6) is 0 Å². The summed E-state index contributed by atoms with van der Waals surface area (Å²) in [6.07, 6.45) is -1.58. The second kappa shape index (κ2) is 9.09. The number of thiophene rings is 1. The number of alkyl halides is 3. The Morgan fingerprint density at radius 2 is 2.14 bits per heavy atom. The third-order valence-electron chi connectivity index (χ3n) is 5.22. The molecule has 0 radical (unpaired) electrons. The Hall–Kier alpha value is -1.86. The molecule has 1 saturated heterocycles. The molecule has 1 aromatic carbocycles. The van der Waals surface area contributed by atoms with Crippen molar-refractivity contribution in [1.82, 2.24) is 9.80 Å². The first-order valence-electron chi connectivity index (χ1n) is 9.49. The van der Waals surface area contributed by atoms with Crippen LogP contribution >= 0.6 is 11.3 Å². The van der Waals surface area contributed by atoms with Crippen LogP contribution in [0.2, 0.25) is 0 Å². The van der Waals surface area contributed by atoms with E-state index >= 15 is 0 Å². The van der Waals surface area contributed by atoms with Gasteiger partial charge in [0.25, 0.3) is 5.91 Å². The molecule has 0 unspecified atom stereocenters. The number of piperidine rings is 1. The summed E-state index contributed by atoms with van der Waals surface area (Å²) < 4.78 is 38.6. The van der Waals surface area contributed by atoms with Crippen molar-refractivity contribution in [2.45, 2.75) is 25.4 Å². The number of benzene rings is 1. The van der Waals surface area contributed by atoms with E-state index in [0.29, 0.717) is 24.4 Å². The summed E-state index contributed by atoms with van der Waals surface area (Å²) in [5.74, 6) is 0.435. The average molecular weight is 411 g/mol. The Morgan fingerprint density at radius 3 is 2.86 bits per heavy atom. The van der Waals surface area contributed by atoms with Gasteiger partial charge in [0.1, 0.15) is 0 Å². The molecule has 0 aliphatic carbocycles. The maximum atomic E-state index is 12.9. The van der Waals surface area contributed by atoms with Crippen molar-refractivity contribution >= 4 is 17.2 Å². The van der Waals surface area contributed by atoms with Crippen LogP contribution < -0.4 is 0 Å². The minimum absolute atomic E-state index is 0.0438. The third kappa shape index (κ3) is 5.58. The molecule has 1 fully saturated rings. The quantitative estimate of drug-likeness (QED) is 0.683. The van der Waals surface area contributed by atoms with E-state index in [1.807, 2.05) is 23.9 Å². The molecule has 1 atom stereocenters. The van der Waals surface area contributed by atoms with Gasteiger partial charge in [0, 0.05) is 32.1 Å². The number of hydrogen-bond donors (Lipinski definition) is 0. The van der Waals surface area contributed by atoms with E-state index in [2.05, 4.69) is 4.90 Å². The largest absolute Gasteiger partial charge is 0.416 e. The summed E-state index contributed by atoms with van der Waals surface area (Å²) in [6, 6.07) is 7.42. The standard InChI is InChI=1S/C21H25F3N2OS/c1-25(20(27)18-8-11-28-15-18)13-17-5-3-9-26(14-17)10-7-16-4-2-6-19(12-16)21(22,23)24/h2,4,6,8,11-12,15,17H,3,5,7,9-10,13-14H2,1H3/t17-/m1/s1. The van der Waals surface area contributed by atoms with Gasteiger partial charge >= 0.3 is 6.18 Å². The molecule has 3 rings (SSSR count). The van der Waals surface area contributed by atoms with Crippen LogP contribution in [-0.4, -0.2) is 48.9 Å². The Bertz CT molecular complexity index is 776. The lowest BCUT2D eigenvalue weighted by molar-refractivity contribution is -0.137. The molecule has 152 valence electrons. The summed E-state index contributed by atoms with van der Waals surface area (Å²) in [6.45, 7) is 3.27. The van der Waals surface area contributed by atoms with Gasteiger partial charge in [-0.2, -0.15) is 24.5 Å². The normalized spacial score (nSPS) is 18.2. The van der Waals surface area contributed by atoms with Crippen molar-refractivity contribution in [3.8, 4) is 0 Å². The van der Waals surface area contributed by atoms with Crippen LogP contribution in [0.1, 0.15) is 34.3 Å². The van der Waals surface area contributed by atoms with Gasteiger partial charge in [0.2, 0.25) is 0 Å². The van der Waals surface area contributed by atoms with E-state index < -0.39 is 11.7 Å². The predicted octanol–water partition coefficient (Wildman–Crippen LogP) is 4.79. The zero-order chi connectivity index (χ0) is 20.1. The fraction of sp³-hybridized carbons (Fsp3) is 0.476. The van der Waals surface area contributed by atoms with Gasteiger partial charge in [-0.3, -0.25) is 4.79 Å². The number of carbonyl (C=O) groups excluding carboxylic acids is 1. The first-order valence-corrected chi connectivity index (χ1v) is 10.4. The Labute approximate surface area is 167 Å². The number of rotatable bonds is 6. The van der Waals surface area contributed by atoms with Crippen molar-refractivity contribution in [2.24, 2.45) is 5.92 Å². The minimum Gasteiger partial charge on any atom is -0.341 e. The van der Waals surface area contributed by atoms with E-state index in [4.69, 9.17) is 0 Å². The van der Waals surface area contributed by atoms with Crippen LogP contribution in [0.3, 0.4) is 0 Å². The third-order valence-corrected chi connectivity index (χ3v) is 5.90. The van der Waals surface area contributed by atoms with Gasteiger partial charge in [-0.1, -0.05) is 18.2 Å². The summed E-state index contributed by atoms with van der Waals surface area (Å²) in [7, 11) is 1.83. The van der Waals surface area contributed by atoms with E-state index in [1.54, 1.807) is 11.0 Å². The van der Waals surface area contributed by atoms with Gasteiger partial charge in [-0.05, 0) is 54.8 Å². The SMILES string of the molecule is CN(C[C@H]1CCCN(CCc2cccc(C(F)(F)F)c2)C1)C(=O)c1ccsc1. The van der Waals surface area contributed by atoms with Crippen LogP contribution in [0.25, 0.3) is 0 Å². The number of amides is 1. The lowest BCUT2D eigenvalue weighted by Gasteiger charge is -2.34. The second-order valence-corrected chi connectivity index (χ2v) is 8.23. The van der Waals surface area contributed by atoms with E-state index in [1.165, 1.54) is 23.5 Å².